The van der Waals surface area contributed by atoms with E-state index >= 15 is 0 Å². The number of aromatic nitrogens is 4. The van der Waals surface area contributed by atoms with E-state index in [9.17, 15) is 9.59 Å². The van der Waals surface area contributed by atoms with E-state index in [1.54, 1.807) is 6.07 Å². The Labute approximate surface area is 174 Å². The Hall–Kier alpha value is -3.29. The summed E-state index contributed by atoms with van der Waals surface area (Å²) in [6.07, 6.45) is 6.59. The van der Waals surface area contributed by atoms with Crippen LogP contribution in [0.1, 0.15) is 60.6 Å². The second-order valence-corrected chi connectivity index (χ2v) is 7.76. The number of carbonyl (C=O) groups is 1. The Kier molecular flexibility index (Phi) is 6.02. The van der Waals surface area contributed by atoms with Crippen molar-refractivity contribution in [2.75, 3.05) is 0 Å². The molecule has 1 aliphatic carbocycles. The first-order valence-electron chi connectivity index (χ1n) is 10.4. The molecule has 1 aliphatic rings. The van der Waals surface area contributed by atoms with Crippen molar-refractivity contribution in [3.05, 3.63) is 64.0 Å². The minimum Gasteiger partial charge on any atom is -0.345 e. The lowest BCUT2D eigenvalue weighted by atomic mass is 10.1. The van der Waals surface area contributed by atoms with Gasteiger partial charge >= 0.3 is 11.8 Å². The van der Waals surface area contributed by atoms with Gasteiger partial charge in [-0.25, -0.2) is 4.68 Å². The van der Waals surface area contributed by atoms with Crippen LogP contribution in [0, 0.1) is 6.92 Å². The topological polar surface area (TPSA) is 103 Å². The Morgan fingerprint density at radius 1 is 1.10 bits per heavy atom. The summed E-state index contributed by atoms with van der Waals surface area (Å²) in [5.41, 5.74) is 2.45. The van der Waals surface area contributed by atoms with Crippen LogP contribution in [0.3, 0.4) is 0 Å². The van der Waals surface area contributed by atoms with Crippen LogP contribution in [0.5, 0.6) is 0 Å². The lowest BCUT2D eigenvalue weighted by molar-refractivity contribution is 0.0889. The highest BCUT2D eigenvalue weighted by Crippen LogP contribution is 2.18. The zero-order chi connectivity index (χ0) is 20.9. The molecule has 0 radical (unpaired) electrons. The molecule has 2 heterocycles. The van der Waals surface area contributed by atoms with E-state index in [2.05, 4.69) is 20.6 Å². The van der Waals surface area contributed by atoms with E-state index in [1.807, 2.05) is 31.2 Å². The third-order valence-corrected chi connectivity index (χ3v) is 5.36. The quantitative estimate of drug-likeness (QED) is 0.652. The molecule has 3 aromatic rings. The number of hydrogen-bond acceptors (Lipinski definition) is 6. The molecule has 8 nitrogen and oxygen atoms in total. The van der Waals surface area contributed by atoms with Gasteiger partial charge < -0.3 is 9.84 Å². The van der Waals surface area contributed by atoms with Crippen molar-refractivity contribution in [3.8, 4) is 11.3 Å². The average molecular weight is 407 g/mol. The van der Waals surface area contributed by atoms with Gasteiger partial charge in [-0.1, -0.05) is 60.7 Å². The van der Waals surface area contributed by atoms with Gasteiger partial charge in [0.1, 0.15) is 6.54 Å². The van der Waals surface area contributed by atoms with E-state index in [4.69, 9.17) is 4.52 Å². The van der Waals surface area contributed by atoms with Crippen LogP contribution in [-0.2, 0) is 6.54 Å². The second kappa shape index (κ2) is 9.02. The van der Waals surface area contributed by atoms with Gasteiger partial charge in [-0.2, -0.15) is 10.1 Å². The zero-order valence-corrected chi connectivity index (χ0v) is 17.0. The molecule has 1 fully saturated rings. The fraction of sp³-hybridized carbons (Fsp3) is 0.409. The van der Waals surface area contributed by atoms with Crippen molar-refractivity contribution in [1.82, 2.24) is 25.2 Å². The van der Waals surface area contributed by atoms with Crippen LogP contribution in [0.2, 0.25) is 0 Å². The average Bonchev–Trinajstić information content (AvgIpc) is 3.06. The molecule has 1 amide bonds. The number of hydrogen-bond donors (Lipinski definition) is 1. The maximum Gasteiger partial charge on any atom is 0.316 e. The molecule has 1 N–H and O–H groups in total. The van der Waals surface area contributed by atoms with Crippen LogP contribution in [0.25, 0.3) is 11.3 Å². The van der Waals surface area contributed by atoms with Crippen molar-refractivity contribution < 1.29 is 9.32 Å². The molecule has 0 bridgehead atoms. The highest BCUT2D eigenvalue weighted by atomic mass is 16.5. The van der Waals surface area contributed by atoms with Crippen molar-refractivity contribution >= 4 is 5.91 Å². The number of aryl methyl sites for hydroxylation is 1. The fourth-order valence-electron chi connectivity index (χ4n) is 3.66. The highest BCUT2D eigenvalue weighted by molar-refractivity contribution is 5.89. The van der Waals surface area contributed by atoms with Gasteiger partial charge in [0.15, 0.2) is 5.82 Å². The molecule has 8 heteroatoms. The first-order valence-corrected chi connectivity index (χ1v) is 10.4. The predicted octanol–water partition coefficient (Wildman–Crippen LogP) is 3.10. The van der Waals surface area contributed by atoms with E-state index in [1.165, 1.54) is 23.6 Å². The molecular weight excluding hydrogens is 382 g/mol. The first kappa shape index (κ1) is 20.0. The Bertz CT molecular complexity index is 1060. The molecule has 0 spiro atoms. The van der Waals surface area contributed by atoms with Crippen LogP contribution < -0.4 is 10.9 Å². The molecule has 4 rings (SSSR count). The van der Waals surface area contributed by atoms with Gasteiger partial charge in [-0.3, -0.25) is 9.59 Å². The molecule has 156 valence electrons. The summed E-state index contributed by atoms with van der Waals surface area (Å²) in [4.78, 5) is 28.8. The summed E-state index contributed by atoms with van der Waals surface area (Å²) in [7, 11) is 0. The van der Waals surface area contributed by atoms with Crippen molar-refractivity contribution in [3.63, 3.8) is 0 Å². The lowest BCUT2D eigenvalue weighted by Crippen LogP contribution is -2.34. The van der Waals surface area contributed by atoms with Crippen molar-refractivity contribution in [2.45, 2.75) is 58.0 Å². The summed E-state index contributed by atoms with van der Waals surface area (Å²) >= 11 is 0. The van der Waals surface area contributed by atoms with Crippen molar-refractivity contribution in [2.24, 2.45) is 0 Å². The third kappa shape index (κ3) is 4.82. The molecule has 30 heavy (non-hydrogen) atoms. The molecule has 0 atom stereocenters. The van der Waals surface area contributed by atoms with Gasteiger partial charge in [-0.05, 0) is 25.8 Å². The maximum atomic E-state index is 12.4. The molecule has 1 aromatic carbocycles. The van der Waals surface area contributed by atoms with Gasteiger partial charge in [0.25, 0.3) is 5.56 Å². The number of benzene rings is 1. The third-order valence-electron chi connectivity index (χ3n) is 5.36. The molecular formula is C22H25N5O3. The largest absolute Gasteiger partial charge is 0.345 e. The number of nitrogens with one attached hydrogen (secondary N) is 1. The standard InChI is InChI=1S/C22H25N5O3/c1-15-8-10-16(11-9-15)18-12-13-20(28)27(25-18)14-19-24-22(30-26-19)21(29)23-17-6-4-2-3-5-7-17/h8-13,17H,2-7,14H2,1H3,(H,23,29). The smallest absolute Gasteiger partial charge is 0.316 e. The summed E-state index contributed by atoms with van der Waals surface area (Å²) < 4.78 is 6.39. The fourth-order valence-corrected chi connectivity index (χ4v) is 3.66. The summed E-state index contributed by atoms with van der Waals surface area (Å²) in [6, 6.07) is 11.2. The Balaban J connectivity index is 1.46. The van der Waals surface area contributed by atoms with E-state index in [0.717, 1.165) is 36.8 Å². The molecule has 2 aromatic heterocycles. The maximum absolute atomic E-state index is 12.4. The molecule has 1 saturated carbocycles. The van der Waals surface area contributed by atoms with E-state index in [0.29, 0.717) is 5.69 Å². The van der Waals surface area contributed by atoms with Crippen LogP contribution >= 0.6 is 0 Å². The number of carbonyl (C=O) groups excluding carboxylic acids is 1. The summed E-state index contributed by atoms with van der Waals surface area (Å²) in [5, 5.41) is 11.2. The van der Waals surface area contributed by atoms with Gasteiger partial charge in [0.2, 0.25) is 0 Å². The SMILES string of the molecule is Cc1ccc(-c2ccc(=O)n(Cc3noc(C(=O)NC4CCCCCC4)n3)n2)cc1. The number of nitrogens with zero attached hydrogens (tertiary/aromatic N) is 4. The molecule has 0 saturated heterocycles. The lowest BCUT2D eigenvalue weighted by Gasteiger charge is -2.14. The predicted molar refractivity (Wildman–Crippen MR) is 111 cm³/mol. The van der Waals surface area contributed by atoms with E-state index < -0.39 is 0 Å². The summed E-state index contributed by atoms with van der Waals surface area (Å²) in [6.45, 7) is 2.04. The second-order valence-electron chi connectivity index (χ2n) is 7.76. The normalized spacial score (nSPS) is 15.0. The van der Waals surface area contributed by atoms with Gasteiger partial charge in [0.05, 0.1) is 5.69 Å². The monoisotopic (exact) mass is 407 g/mol. The Morgan fingerprint density at radius 3 is 2.57 bits per heavy atom. The van der Waals surface area contributed by atoms with Crippen LogP contribution in [-0.4, -0.2) is 31.9 Å². The summed E-state index contributed by atoms with van der Waals surface area (Å²) in [5.74, 6) is -0.219. The van der Waals surface area contributed by atoms with Gasteiger partial charge in [0, 0.05) is 17.7 Å². The van der Waals surface area contributed by atoms with Crippen LogP contribution in [0.4, 0.5) is 0 Å². The minimum atomic E-state index is -0.366. The van der Waals surface area contributed by atoms with E-state index in [-0.39, 0.29) is 35.8 Å². The zero-order valence-electron chi connectivity index (χ0n) is 17.0. The molecule has 0 aliphatic heterocycles. The Morgan fingerprint density at radius 2 is 1.83 bits per heavy atom. The minimum absolute atomic E-state index is 0.0265. The number of rotatable bonds is 5. The number of amides is 1. The van der Waals surface area contributed by atoms with Crippen LogP contribution in [0.15, 0.2) is 45.7 Å². The molecule has 0 unspecified atom stereocenters. The van der Waals surface area contributed by atoms with Gasteiger partial charge in [-0.15, -0.1) is 0 Å². The first-order chi connectivity index (χ1) is 14.6. The highest BCUT2D eigenvalue weighted by Gasteiger charge is 2.20. The van der Waals surface area contributed by atoms with Crippen molar-refractivity contribution in [1.29, 1.82) is 0 Å².